The highest BCUT2D eigenvalue weighted by molar-refractivity contribution is 5.73. The highest BCUT2D eigenvalue weighted by atomic mass is 16.5. The number of hydrogen-bond acceptors (Lipinski definition) is 6. The minimum absolute atomic E-state index is 0.487. The molecule has 0 unspecified atom stereocenters. The van der Waals surface area contributed by atoms with Crippen LogP contribution in [0.3, 0.4) is 0 Å². The average Bonchev–Trinajstić information content (AvgIpc) is 3.20. The Morgan fingerprint density at radius 1 is 1.25 bits per heavy atom. The number of benzene rings is 1. The average molecular weight is 321 g/mol. The van der Waals surface area contributed by atoms with Crippen LogP contribution in [0.1, 0.15) is 0 Å². The van der Waals surface area contributed by atoms with Crippen molar-refractivity contribution in [1.82, 2.24) is 29.4 Å². The van der Waals surface area contributed by atoms with E-state index < -0.39 is 0 Å². The fourth-order valence-electron chi connectivity index (χ4n) is 2.45. The van der Waals surface area contributed by atoms with Crippen molar-refractivity contribution in [2.24, 2.45) is 7.05 Å². The number of nitrogens with one attached hydrogen (secondary N) is 1. The molecule has 1 aromatic carbocycles. The molecule has 1 N–H and O–H groups in total. The lowest BCUT2D eigenvalue weighted by Crippen LogP contribution is -1.94. The van der Waals surface area contributed by atoms with E-state index in [0.717, 1.165) is 22.7 Å². The van der Waals surface area contributed by atoms with Gasteiger partial charge in [0.25, 0.3) is 0 Å². The van der Waals surface area contributed by atoms with Crippen LogP contribution in [0, 0.1) is 0 Å². The van der Waals surface area contributed by atoms with E-state index in [4.69, 9.17) is 4.74 Å². The number of fused-ring (bicyclic) bond motifs is 1. The first-order valence-corrected chi connectivity index (χ1v) is 7.34. The van der Waals surface area contributed by atoms with Crippen LogP contribution >= 0.6 is 0 Å². The van der Waals surface area contributed by atoms with Gasteiger partial charge < -0.3 is 10.1 Å². The highest BCUT2D eigenvalue weighted by Crippen LogP contribution is 2.23. The fourth-order valence-corrected chi connectivity index (χ4v) is 2.45. The van der Waals surface area contributed by atoms with Gasteiger partial charge in [0.15, 0.2) is 5.65 Å². The van der Waals surface area contributed by atoms with Gasteiger partial charge in [-0.25, -0.2) is 4.52 Å². The molecule has 120 valence electrons. The first-order valence-electron chi connectivity index (χ1n) is 7.34. The van der Waals surface area contributed by atoms with Crippen LogP contribution in [0.2, 0.25) is 0 Å². The van der Waals surface area contributed by atoms with Crippen LogP contribution in [-0.2, 0) is 7.05 Å². The molecular weight excluding hydrogens is 306 g/mol. The maximum Gasteiger partial charge on any atom is 0.247 e. The molecule has 3 aromatic heterocycles. The van der Waals surface area contributed by atoms with Crippen molar-refractivity contribution < 1.29 is 4.74 Å². The van der Waals surface area contributed by atoms with Crippen LogP contribution in [0.5, 0.6) is 5.75 Å². The van der Waals surface area contributed by atoms with Gasteiger partial charge in [0, 0.05) is 43.0 Å². The van der Waals surface area contributed by atoms with Crippen molar-refractivity contribution in [2.45, 2.75) is 0 Å². The van der Waals surface area contributed by atoms with Gasteiger partial charge in [-0.15, -0.1) is 5.10 Å². The fraction of sp³-hybridized carbons (Fsp3) is 0.125. The van der Waals surface area contributed by atoms with E-state index in [1.54, 1.807) is 34.9 Å². The van der Waals surface area contributed by atoms with Gasteiger partial charge in [0.05, 0.1) is 13.3 Å². The lowest BCUT2D eigenvalue weighted by atomic mass is 10.2. The molecule has 4 rings (SSSR count). The van der Waals surface area contributed by atoms with Crippen molar-refractivity contribution in [3.63, 3.8) is 0 Å². The van der Waals surface area contributed by atoms with Gasteiger partial charge >= 0.3 is 0 Å². The summed E-state index contributed by atoms with van der Waals surface area (Å²) in [6, 6.07) is 7.59. The number of methoxy groups -OCH3 is 1. The monoisotopic (exact) mass is 321 g/mol. The Balaban J connectivity index is 1.73. The molecule has 4 aromatic rings. The molecular formula is C16H15N7O. The third kappa shape index (κ3) is 2.54. The molecule has 0 amide bonds. The van der Waals surface area contributed by atoms with E-state index in [-0.39, 0.29) is 0 Å². The molecule has 8 nitrogen and oxygen atoms in total. The summed E-state index contributed by atoms with van der Waals surface area (Å²) in [6.45, 7) is 0. The number of aryl methyl sites for hydroxylation is 1. The van der Waals surface area contributed by atoms with Crippen LogP contribution in [0.25, 0.3) is 16.9 Å². The largest absolute Gasteiger partial charge is 0.497 e. The second-order valence-electron chi connectivity index (χ2n) is 5.24. The van der Waals surface area contributed by atoms with E-state index >= 15 is 0 Å². The van der Waals surface area contributed by atoms with Crippen LogP contribution in [0.4, 0.5) is 11.6 Å². The first kappa shape index (κ1) is 14.2. The topological polar surface area (TPSA) is 82.2 Å². The molecule has 0 aliphatic heterocycles. The molecule has 0 spiro atoms. The van der Waals surface area contributed by atoms with E-state index in [0.29, 0.717) is 11.6 Å². The predicted octanol–water partition coefficient (Wildman–Crippen LogP) is 2.28. The summed E-state index contributed by atoms with van der Waals surface area (Å²) in [5, 5.41) is 11.8. The van der Waals surface area contributed by atoms with Gasteiger partial charge in [0.2, 0.25) is 5.95 Å². The SMILES string of the molecule is COc1cccc(Nc2nc3c(-c4cnn(C)c4)nccn3n2)c1. The Hall–Kier alpha value is -3.42. The summed E-state index contributed by atoms with van der Waals surface area (Å²) in [7, 11) is 3.50. The quantitative estimate of drug-likeness (QED) is 0.621. The second kappa shape index (κ2) is 5.65. The summed E-state index contributed by atoms with van der Waals surface area (Å²) in [5.74, 6) is 1.25. The Kier molecular flexibility index (Phi) is 3.34. The molecule has 0 fully saturated rings. The zero-order valence-electron chi connectivity index (χ0n) is 13.2. The van der Waals surface area contributed by atoms with Crippen molar-refractivity contribution in [1.29, 1.82) is 0 Å². The van der Waals surface area contributed by atoms with Gasteiger partial charge in [-0.2, -0.15) is 10.1 Å². The number of anilines is 2. The molecule has 3 heterocycles. The molecule has 0 atom stereocenters. The maximum atomic E-state index is 5.23. The van der Waals surface area contributed by atoms with E-state index in [2.05, 4.69) is 25.5 Å². The Bertz CT molecular complexity index is 1000. The minimum atomic E-state index is 0.487. The summed E-state index contributed by atoms with van der Waals surface area (Å²) < 4.78 is 8.65. The molecule has 0 aliphatic carbocycles. The van der Waals surface area contributed by atoms with Crippen LogP contribution < -0.4 is 10.1 Å². The maximum absolute atomic E-state index is 5.23. The van der Waals surface area contributed by atoms with Crippen molar-refractivity contribution in [2.75, 3.05) is 12.4 Å². The van der Waals surface area contributed by atoms with Crippen molar-refractivity contribution in [3.05, 3.63) is 49.1 Å². The minimum Gasteiger partial charge on any atom is -0.497 e. The van der Waals surface area contributed by atoms with Gasteiger partial charge in [0.1, 0.15) is 11.4 Å². The number of hydrogen-bond donors (Lipinski definition) is 1. The number of aromatic nitrogens is 6. The van der Waals surface area contributed by atoms with Crippen molar-refractivity contribution in [3.8, 4) is 17.0 Å². The molecule has 0 saturated heterocycles. The number of rotatable bonds is 4. The summed E-state index contributed by atoms with van der Waals surface area (Å²) in [6.07, 6.45) is 7.11. The Labute approximate surface area is 137 Å². The van der Waals surface area contributed by atoms with E-state index in [9.17, 15) is 0 Å². The second-order valence-corrected chi connectivity index (χ2v) is 5.24. The molecule has 0 radical (unpaired) electrons. The third-order valence-corrected chi connectivity index (χ3v) is 3.56. The predicted molar refractivity (Wildman–Crippen MR) is 89.3 cm³/mol. The Morgan fingerprint density at radius 2 is 2.17 bits per heavy atom. The smallest absolute Gasteiger partial charge is 0.247 e. The van der Waals surface area contributed by atoms with Gasteiger partial charge in [-0.3, -0.25) is 9.67 Å². The van der Waals surface area contributed by atoms with Gasteiger partial charge in [-0.05, 0) is 12.1 Å². The summed E-state index contributed by atoms with van der Waals surface area (Å²) in [5.41, 5.74) is 3.14. The Morgan fingerprint density at radius 3 is 2.96 bits per heavy atom. The van der Waals surface area contributed by atoms with Crippen molar-refractivity contribution >= 4 is 17.3 Å². The standard InChI is InChI=1S/C16H15N7O/c1-22-10-11(9-18-22)14-15-20-16(21-23(15)7-6-17-14)19-12-4-3-5-13(8-12)24-2/h3-10H,1-2H3,(H,19,21). The number of ether oxygens (including phenoxy) is 1. The van der Waals surface area contributed by atoms with E-state index in [1.165, 1.54) is 0 Å². The van der Waals surface area contributed by atoms with E-state index in [1.807, 2.05) is 37.5 Å². The van der Waals surface area contributed by atoms with Crippen LogP contribution in [0.15, 0.2) is 49.1 Å². The molecule has 0 bridgehead atoms. The normalized spacial score (nSPS) is 10.9. The first-order chi connectivity index (χ1) is 11.7. The third-order valence-electron chi connectivity index (χ3n) is 3.56. The van der Waals surface area contributed by atoms with Crippen LogP contribution in [-0.4, -0.2) is 36.5 Å². The van der Waals surface area contributed by atoms with Gasteiger partial charge in [-0.1, -0.05) is 6.07 Å². The summed E-state index contributed by atoms with van der Waals surface area (Å²) >= 11 is 0. The number of nitrogens with zero attached hydrogens (tertiary/aromatic N) is 6. The molecule has 0 saturated carbocycles. The zero-order valence-corrected chi connectivity index (χ0v) is 13.2. The zero-order chi connectivity index (χ0) is 16.5. The lowest BCUT2D eigenvalue weighted by Gasteiger charge is -2.03. The molecule has 8 heteroatoms. The highest BCUT2D eigenvalue weighted by Gasteiger charge is 2.12. The summed E-state index contributed by atoms with van der Waals surface area (Å²) in [4.78, 5) is 8.96. The molecule has 24 heavy (non-hydrogen) atoms. The molecule has 0 aliphatic rings. The lowest BCUT2D eigenvalue weighted by molar-refractivity contribution is 0.415.